The highest BCUT2D eigenvalue weighted by molar-refractivity contribution is 6.23. The lowest BCUT2D eigenvalue weighted by Gasteiger charge is -2.13. The number of nitrogens with zero attached hydrogens (tertiary/aromatic N) is 5. The highest BCUT2D eigenvalue weighted by Gasteiger charge is 2.21. The summed E-state index contributed by atoms with van der Waals surface area (Å²) in [5, 5.41) is 5.82. The summed E-state index contributed by atoms with van der Waals surface area (Å²) in [6.45, 7) is 0. The number of fused-ring (bicyclic) bond motifs is 11. The van der Waals surface area contributed by atoms with Crippen molar-refractivity contribution in [1.82, 2.24) is 23.9 Å². The molecule has 10 aromatic rings. The number of aromatic nitrogens is 5. The fraction of sp³-hybridized carbons (Fsp3) is 0. The fourth-order valence-corrected chi connectivity index (χ4v) is 7.06. The quantitative estimate of drug-likeness (QED) is 0.207. The summed E-state index contributed by atoms with van der Waals surface area (Å²) in [5.74, 6) is 0.709. The van der Waals surface area contributed by atoms with Crippen LogP contribution in [0.25, 0.3) is 88.6 Å². The van der Waals surface area contributed by atoms with Gasteiger partial charge in [-0.25, -0.2) is 15.0 Å². The largest absolute Gasteiger partial charge is 0.295 e. The Bertz CT molecular complexity index is 2790. The van der Waals surface area contributed by atoms with Crippen LogP contribution in [-0.2, 0) is 0 Å². The van der Waals surface area contributed by atoms with Gasteiger partial charge in [-0.3, -0.25) is 8.97 Å². The Morgan fingerprint density at radius 1 is 0.413 bits per heavy atom. The van der Waals surface area contributed by atoms with Crippen LogP contribution in [0.1, 0.15) is 0 Å². The van der Waals surface area contributed by atoms with Gasteiger partial charge in [0, 0.05) is 38.4 Å². The Morgan fingerprint density at radius 3 is 1.85 bits per heavy atom. The SMILES string of the molecule is c1ccc(-c2nc(-c3ccc(-n4c5ccccc5c5c6ccccc6c6nc7ccccc7n6c54)cc3)nc3ccccc23)cc1. The zero-order chi connectivity index (χ0) is 30.2. The lowest BCUT2D eigenvalue weighted by molar-refractivity contribution is 1.11. The molecule has 0 amide bonds. The van der Waals surface area contributed by atoms with E-state index in [1.807, 2.05) is 18.2 Å². The first kappa shape index (κ1) is 25.0. The van der Waals surface area contributed by atoms with Crippen molar-refractivity contribution in [2.24, 2.45) is 0 Å². The van der Waals surface area contributed by atoms with Crippen LogP contribution >= 0.6 is 0 Å². The first-order valence-corrected chi connectivity index (χ1v) is 15.5. The monoisotopic (exact) mass is 587 g/mol. The topological polar surface area (TPSA) is 48.0 Å². The predicted molar refractivity (Wildman–Crippen MR) is 189 cm³/mol. The van der Waals surface area contributed by atoms with Gasteiger partial charge < -0.3 is 0 Å². The molecular weight excluding hydrogens is 562 g/mol. The molecule has 0 saturated heterocycles. The van der Waals surface area contributed by atoms with Crippen molar-refractivity contribution in [2.75, 3.05) is 0 Å². The Hall–Kier alpha value is -6.33. The number of hydrogen-bond donors (Lipinski definition) is 0. The van der Waals surface area contributed by atoms with Gasteiger partial charge in [0.15, 0.2) is 5.82 Å². The summed E-state index contributed by atoms with van der Waals surface area (Å²) < 4.78 is 4.71. The van der Waals surface area contributed by atoms with E-state index in [1.54, 1.807) is 0 Å². The zero-order valence-corrected chi connectivity index (χ0v) is 24.7. The minimum absolute atomic E-state index is 0.709. The van der Waals surface area contributed by atoms with E-state index in [-0.39, 0.29) is 0 Å². The third kappa shape index (κ3) is 3.54. The third-order valence-corrected chi connectivity index (χ3v) is 9.09. The van der Waals surface area contributed by atoms with Crippen LogP contribution < -0.4 is 0 Å². The van der Waals surface area contributed by atoms with E-state index in [0.717, 1.165) is 66.6 Å². The lowest BCUT2D eigenvalue weighted by Crippen LogP contribution is -2.00. The molecule has 46 heavy (non-hydrogen) atoms. The van der Waals surface area contributed by atoms with E-state index in [9.17, 15) is 0 Å². The summed E-state index contributed by atoms with van der Waals surface area (Å²) >= 11 is 0. The molecule has 0 saturated carbocycles. The molecule has 0 bridgehead atoms. The van der Waals surface area contributed by atoms with Gasteiger partial charge in [0.25, 0.3) is 0 Å². The van der Waals surface area contributed by atoms with E-state index < -0.39 is 0 Å². The normalized spacial score (nSPS) is 11.9. The Morgan fingerprint density at radius 2 is 1.04 bits per heavy atom. The van der Waals surface area contributed by atoms with Crippen molar-refractivity contribution in [1.29, 1.82) is 0 Å². The Kier molecular flexibility index (Phi) is 5.22. The Balaban J connectivity index is 1.25. The number of benzene rings is 6. The molecule has 0 fully saturated rings. The molecule has 0 atom stereocenters. The molecule has 0 aliphatic heterocycles. The maximum absolute atomic E-state index is 5.14. The van der Waals surface area contributed by atoms with Crippen molar-refractivity contribution in [3.05, 3.63) is 152 Å². The first-order valence-electron chi connectivity index (χ1n) is 15.5. The first-order chi connectivity index (χ1) is 22.8. The molecule has 5 nitrogen and oxygen atoms in total. The molecule has 0 radical (unpaired) electrons. The van der Waals surface area contributed by atoms with Crippen molar-refractivity contribution in [3.8, 4) is 28.3 Å². The van der Waals surface area contributed by atoms with Crippen molar-refractivity contribution < 1.29 is 0 Å². The van der Waals surface area contributed by atoms with Crippen LogP contribution in [0.2, 0.25) is 0 Å². The molecule has 4 aromatic heterocycles. The van der Waals surface area contributed by atoms with Crippen LogP contribution in [-0.4, -0.2) is 23.9 Å². The minimum Gasteiger partial charge on any atom is -0.295 e. The number of imidazole rings is 1. The molecule has 0 aliphatic rings. The second-order valence-corrected chi connectivity index (χ2v) is 11.7. The number of hydrogen-bond acceptors (Lipinski definition) is 3. The summed E-state index contributed by atoms with van der Waals surface area (Å²) in [6.07, 6.45) is 0. The summed E-state index contributed by atoms with van der Waals surface area (Å²) in [5.41, 5.74) is 10.3. The van der Waals surface area contributed by atoms with E-state index in [2.05, 4.69) is 142 Å². The van der Waals surface area contributed by atoms with Crippen LogP contribution in [0.5, 0.6) is 0 Å². The molecule has 5 heteroatoms. The number of rotatable bonds is 3. The maximum atomic E-state index is 5.14. The van der Waals surface area contributed by atoms with Crippen LogP contribution in [0, 0.1) is 0 Å². The summed E-state index contributed by atoms with van der Waals surface area (Å²) in [7, 11) is 0. The van der Waals surface area contributed by atoms with Gasteiger partial charge in [-0.1, -0.05) is 103 Å². The molecule has 10 rings (SSSR count). The van der Waals surface area contributed by atoms with Gasteiger partial charge in [0.1, 0.15) is 11.3 Å². The van der Waals surface area contributed by atoms with Gasteiger partial charge in [0.2, 0.25) is 0 Å². The number of para-hydroxylation sites is 4. The van der Waals surface area contributed by atoms with Crippen molar-refractivity contribution in [2.45, 2.75) is 0 Å². The van der Waals surface area contributed by atoms with Crippen LogP contribution in [0.4, 0.5) is 0 Å². The van der Waals surface area contributed by atoms with Crippen LogP contribution in [0.3, 0.4) is 0 Å². The predicted octanol–water partition coefficient (Wildman–Crippen LogP) is 10.0. The van der Waals surface area contributed by atoms with Gasteiger partial charge in [0.05, 0.1) is 27.8 Å². The molecule has 6 aromatic carbocycles. The van der Waals surface area contributed by atoms with Gasteiger partial charge in [-0.15, -0.1) is 0 Å². The van der Waals surface area contributed by atoms with Gasteiger partial charge >= 0.3 is 0 Å². The average Bonchev–Trinajstić information content (AvgIpc) is 3.68. The van der Waals surface area contributed by atoms with E-state index in [1.165, 1.54) is 16.2 Å². The Labute approximate surface area is 263 Å². The smallest absolute Gasteiger partial charge is 0.160 e. The third-order valence-electron chi connectivity index (χ3n) is 9.09. The van der Waals surface area contributed by atoms with E-state index >= 15 is 0 Å². The minimum atomic E-state index is 0.709. The van der Waals surface area contributed by atoms with Crippen LogP contribution in [0.15, 0.2) is 152 Å². The van der Waals surface area contributed by atoms with Gasteiger partial charge in [-0.2, -0.15) is 0 Å². The van der Waals surface area contributed by atoms with E-state index in [0.29, 0.717) is 5.82 Å². The molecule has 0 unspecified atom stereocenters. The zero-order valence-electron chi connectivity index (χ0n) is 24.7. The fourth-order valence-electron chi connectivity index (χ4n) is 7.06. The maximum Gasteiger partial charge on any atom is 0.160 e. The number of pyridine rings is 1. The molecule has 0 N–H and O–H groups in total. The average molecular weight is 588 g/mol. The van der Waals surface area contributed by atoms with E-state index in [4.69, 9.17) is 15.0 Å². The van der Waals surface area contributed by atoms with Crippen molar-refractivity contribution >= 4 is 60.3 Å². The second kappa shape index (κ2) is 9.58. The van der Waals surface area contributed by atoms with Gasteiger partial charge in [-0.05, 0) is 53.9 Å². The molecule has 0 aliphatic carbocycles. The highest BCUT2D eigenvalue weighted by Crippen LogP contribution is 2.40. The lowest BCUT2D eigenvalue weighted by atomic mass is 10.1. The molecule has 214 valence electrons. The highest BCUT2D eigenvalue weighted by atomic mass is 15.1. The van der Waals surface area contributed by atoms with Crippen molar-refractivity contribution in [3.63, 3.8) is 0 Å². The second-order valence-electron chi connectivity index (χ2n) is 11.7. The summed E-state index contributed by atoms with van der Waals surface area (Å²) in [4.78, 5) is 15.2. The standard InChI is InChI=1S/C41H25N5/c1-2-12-26(13-3-1)38-31-16-6-8-18-33(31)42-39(44-38)27-22-24-28(25-23-27)45-35-20-10-7-17-32(35)37-29-14-4-5-15-30(29)40-43-34-19-9-11-21-36(34)46(40)41(37)45/h1-25H. The molecular formula is C41H25N5. The molecule has 4 heterocycles. The summed E-state index contributed by atoms with van der Waals surface area (Å²) in [6, 6.07) is 52.9. The molecule has 0 spiro atoms.